The molecular formula is C20H20N2O5. The third-order valence-corrected chi connectivity index (χ3v) is 4.55. The smallest absolute Gasteiger partial charge is 0.331 e. The van der Waals surface area contributed by atoms with Crippen molar-refractivity contribution in [2.24, 2.45) is 0 Å². The van der Waals surface area contributed by atoms with Gasteiger partial charge in [0.25, 0.3) is 5.91 Å². The van der Waals surface area contributed by atoms with Crippen LogP contribution >= 0.6 is 0 Å². The van der Waals surface area contributed by atoms with Gasteiger partial charge in [-0.1, -0.05) is 37.3 Å². The average molecular weight is 368 g/mol. The number of esters is 1. The summed E-state index contributed by atoms with van der Waals surface area (Å²) in [4.78, 5) is 38.4. The summed E-state index contributed by atoms with van der Waals surface area (Å²) in [5.74, 6) is -0.242. The van der Waals surface area contributed by atoms with Gasteiger partial charge in [0.1, 0.15) is 23.6 Å². The number of ether oxygens (including phenoxy) is 2. The van der Waals surface area contributed by atoms with E-state index in [-0.39, 0.29) is 0 Å². The molecule has 1 saturated heterocycles. The Morgan fingerprint density at radius 3 is 2.26 bits per heavy atom. The van der Waals surface area contributed by atoms with Gasteiger partial charge in [-0.25, -0.2) is 9.59 Å². The Hall–Kier alpha value is -3.35. The van der Waals surface area contributed by atoms with Crippen LogP contribution in [0.25, 0.3) is 0 Å². The van der Waals surface area contributed by atoms with Gasteiger partial charge in [-0.15, -0.1) is 0 Å². The molecule has 140 valence electrons. The Labute approximate surface area is 156 Å². The number of nitrogens with one attached hydrogen (secondary N) is 1. The summed E-state index contributed by atoms with van der Waals surface area (Å²) in [6.07, 6.45) is 0.367. The van der Waals surface area contributed by atoms with Crippen LogP contribution in [-0.2, 0) is 15.1 Å². The van der Waals surface area contributed by atoms with Gasteiger partial charge in [-0.3, -0.25) is 9.69 Å². The first kappa shape index (κ1) is 18.4. The topological polar surface area (TPSA) is 84.9 Å². The maximum Gasteiger partial charge on any atom is 0.331 e. The summed E-state index contributed by atoms with van der Waals surface area (Å²) < 4.78 is 10.3. The van der Waals surface area contributed by atoms with Gasteiger partial charge in [0, 0.05) is 0 Å². The number of hydrogen-bond donors (Lipinski definition) is 1. The van der Waals surface area contributed by atoms with Gasteiger partial charge >= 0.3 is 12.0 Å². The van der Waals surface area contributed by atoms with E-state index in [1.807, 2.05) is 13.0 Å². The lowest BCUT2D eigenvalue weighted by Gasteiger charge is -2.25. The Bertz CT molecular complexity index is 850. The van der Waals surface area contributed by atoms with Gasteiger partial charge in [-0.2, -0.15) is 0 Å². The Kier molecular flexibility index (Phi) is 5.12. The fourth-order valence-corrected chi connectivity index (χ4v) is 3.07. The van der Waals surface area contributed by atoms with Crippen LogP contribution in [0.5, 0.6) is 11.5 Å². The minimum atomic E-state index is -1.17. The van der Waals surface area contributed by atoms with E-state index < -0.39 is 30.0 Å². The fraction of sp³-hybridized carbons (Fsp3) is 0.250. The van der Waals surface area contributed by atoms with Crippen molar-refractivity contribution in [1.82, 2.24) is 10.2 Å². The summed E-state index contributed by atoms with van der Waals surface area (Å²) in [7, 11) is 1.53. The van der Waals surface area contributed by atoms with Crippen molar-refractivity contribution in [1.29, 1.82) is 0 Å². The van der Waals surface area contributed by atoms with Crippen LogP contribution in [0.4, 0.5) is 4.79 Å². The summed E-state index contributed by atoms with van der Waals surface area (Å²) in [5, 5.41) is 2.73. The molecule has 0 aliphatic carbocycles. The SMILES string of the molecule is CCC1(c2ccccc2)NC(=O)N(CC(=O)Oc2ccc(OC)cc2)C1=O. The number of methoxy groups -OCH3 is 1. The Morgan fingerprint density at radius 2 is 1.67 bits per heavy atom. The van der Waals surface area contributed by atoms with E-state index in [0.29, 0.717) is 23.5 Å². The Morgan fingerprint density at radius 1 is 1.04 bits per heavy atom. The van der Waals surface area contributed by atoms with E-state index in [2.05, 4.69) is 5.32 Å². The molecule has 1 aliphatic rings. The predicted octanol–water partition coefficient (Wildman–Crippen LogP) is 2.46. The highest BCUT2D eigenvalue weighted by atomic mass is 16.5. The van der Waals surface area contributed by atoms with Crippen LogP contribution in [-0.4, -0.2) is 36.5 Å². The van der Waals surface area contributed by atoms with Gasteiger partial charge in [0.2, 0.25) is 0 Å². The van der Waals surface area contributed by atoms with E-state index in [4.69, 9.17) is 9.47 Å². The van der Waals surface area contributed by atoms with E-state index in [1.165, 1.54) is 7.11 Å². The van der Waals surface area contributed by atoms with E-state index in [9.17, 15) is 14.4 Å². The number of carbonyl (C=O) groups is 3. The van der Waals surface area contributed by atoms with Crippen molar-refractivity contribution >= 4 is 17.9 Å². The van der Waals surface area contributed by atoms with Gasteiger partial charge in [0.15, 0.2) is 0 Å². The van der Waals surface area contributed by atoms with Crippen LogP contribution < -0.4 is 14.8 Å². The van der Waals surface area contributed by atoms with Gasteiger partial charge in [-0.05, 0) is 36.2 Å². The quantitative estimate of drug-likeness (QED) is 0.481. The summed E-state index contributed by atoms with van der Waals surface area (Å²) in [6, 6.07) is 14.8. The molecule has 1 fully saturated rings. The van der Waals surface area contributed by atoms with Crippen molar-refractivity contribution in [3.05, 3.63) is 60.2 Å². The molecule has 1 heterocycles. The first-order valence-corrected chi connectivity index (χ1v) is 8.54. The molecule has 0 saturated carbocycles. The van der Waals surface area contributed by atoms with Crippen molar-refractivity contribution in [2.75, 3.05) is 13.7 Å². The molecule has 3 amide bonds. The zero-order chi connectivity index (χ0) is 19.4. The fourth-order valence-electron chi connectivity index (χ4n) is 3.07. The highest BCUT2D eigenvalue weighted by molar-refractivity contribution is 6.09. The maximum atomic E-state index is 13.0. The lowest BCUT2D eigenvalue weighted by molar-refractivity contribution is -0.141. The molecule has 7 nitrogen and oxygen atoms in total. The van der Waals surface area contributed by atoms with Gasteiger partial charge < -0.3 is 14.8 Å². The van der Waals surface area contributed by atoms with E-state index >= 15 is 0 Å². The second-order valence-electron chi connectivity index (χ2n) is 6.10. The van der Waals surface area contributed by atoms with Crippen molar-refractivity contribution < 1.29 is 23.9 Å². The third kappa shape index (κ3) is 3.48. The van der Waals surface area contributed by atoms with Crippen LogP contribution in [0.2, 0.25) is 0 Å². The molecule has 0 bridgehead atoms. The van der Waals surface area contributed by atoms with Gasteiger partial charge in [0.05, 0.1) is 7.11 Å². The second-order valence-corrected chi connectivity index (χ2v) is 6.10. The first-order chi connectivity index (χ1) is 13.0. The highest BCUT2D eigenvalue weighted by Gasteiger charge is 2.51. The number of carbonyl (C=O) groups excluding carboxylic acids is 3. The molecule has 27 heavy (non-hydrogen) atoms. The molecule has 1 unspecified atom stereocenters. The molecule has 7 heteroatoms. The van der Waals surface area contributed by atoms with Crippen LogP contribution in [0, 0.1) is 0 Å². The van der Waals surface area contributed by atoms with Crippen LogP contribution in [0.15, 0.2) is 54.6 Å². The number of amides is 3. The lowest BCUT2D eigenvalue weighted by atomic mass is 9.87. The molecule has 2 aromatic carbocycles. The van der Waals surface area contributed by atoms with Crippen molar-refractivity contribution in [3.8, 4) is 11.5 Å². The minimum absolute atomic E-state index is 0.303. The zero-order valence-electron chi connectivity index (χ0n) is 15.1. The molecular weight excluding hydrogens is 348 g/mol. The zero-order valence-corrected chi connectivity index (χ0v) is 15.1. The number of rotatable bonds is 6. The second kappa shape index (κ2) is 7.49. The summed E-state index contributed by atoms with van der Waals surface area (Å²) in [6.45, 7) is 1.34. The van der Waals surface area contributed by atoms with E-state index in [1.54, 1.807) is 48.5 Å². The number of nitrogens with zero attached hydrogens (tertiary/aromatic N) is 1. The molecule has 0 spiro atoms. The Balaban J connectivity index is 1.74. The maximum absolute atomic E-state index is 13.0. The molecule has 1 N–H and O–H groups in total. The molecule has 0 aromatic heterocycles. The number of urea groups is 1. The number of imide groups is 1. The van der Waals surface area contributed by atoms with Crippen LogP contribution in [0.3, 0.4) is 0 Å². The van der Waals surface area contributed by atoms with E-state index in [0.717, 1.165) is 4.90 Å². The van der Waals surface area contributed by atoms with Crippen molar-refractivity contribution in [3.63, 3.8) is 0 Å². The largest absolute Gasteiger partial charge is 0.497 e. The molecule has 0 radical (unpaired) electrons. The first-order valence-electron chi connectivity index (χ1n) is 8.54. The third-order valence-electron chi connectivity index (χ3n) is 4.55. The average Bonchev–Trinajstić information content (AvgIpc) is 2.94. The van der Waals surface area contributed by atoms with Crippen molar-refractivity contribution in [2.45, 2.75) is 18.9 Å². The highest BCUT2D eigenvalue weighted by Crippen LogP contribution is 2.32. The summed E-state index contributed by atoms with van der Waals surface area (Å²) >= 11 is 0. The monoisotopic (exact) mass is 368 g/mol. The lowest BCUT2D eigenvalue weighted by Crippen LogP contribution is -2.44. The number of benzene rings is 2. The normalized spacial score (nSPS) is 19.0. The standard InChI is InChI=1S/C20H20N2O5/c1-3-20(14-7-5-4-6-8-14)18(24)22(19(25)21-20)13-17(23)27-16-11-9-15(26-2)10-12-16/h4-12H,3,13H2,1-2H3,(H,21,25). The molecule has 3 rings (SSSR count). The number of hydrogen-bond acceptors (Lipinski definition) is 5. The molecule has 1 aliphatic heterocycles. The molecule has 1 atom stereocenters. The molecule has 2 aromatic rings. The predicted molar refractivity (Wildman–Crippen MR) is 97.3 cm³/mol. The summed E-state index contributed by atoms with van der Waals surface area (Å²) in [5.41, 5.74) is -0.490. The van der Waals surface area contributed by atoms with Crippen LogP contribution in [0.1, 0.15) is 18.9 Å². The minimum Gasteiger partial charge on any atom is -0.497 e.